The lowest BCUT2D eigenvalue weighted by molar-refractivity contribution is 0.305. The number of aliphatic hydroxyl groups excluding tert-OH is 1. The number of thiophene rings is 1. The van der Waals surface area contributed by atoms with Crippen molar-refractivity contribution >= 4 is 11.3 Å². The van der Waals surface area contributed by atoms with Gasteiger partial charge in [-0.05, 0) is 43.5 Å². The van der Waals surface area contributed by atoms with Gasteiger partial charge in [0.1, 0.15) is 12.4 Å². The second kappa shape index (κ2) is 7.31. The molecule has 3 heteroatoms. The Bertz CT molecular complexity index is 674. The molecule has 0 radical (unpaired) electrons. The molecular formula is C18H20O2S. The fraction of sp³-hybridized carbons (Fsp3) is 0.333. The van der Waals surface area contributed by atoms with E-state index in [2.05, 4.69) is 50.8 Å². The summed E-state index contributed by atoms with van der Waals surface area (Å²) in [6.07, 6.45) is 0.517. The summed E-state index contributed by atoms with van der Waals surface area (Å²) in [5.41, 5.74) is 4.61. The minimum Gasteiger partial charge on any atom is -0.488 e. The van der Waals surface area contributed by atoms with E-state index < -0.39 is 0 Å². The fourth-order valence-corrected chi connectivity index (χ4v) is 2.76. The van der Waals surface area contributed by atoms with Crippen molar-refractivity contribution in [2.45, 2.75) is 33.8 Å². The third-order valence-electron chi connectivity index (χ3n) is 3.36. The van der Waals surface area contributed by atoms with E-state index in [1.54, 1.807) is 11.3 Å². The second-order valence-electron chi connectivity index (χ2n) is 5.02. The summed E-state index contributed by atoms with van der Waals surface area (Å²) in [5, 5.41) is 10.7. The molecule has 0 saturated carbocycles. The summed E-state index contributed by atoms with van der Waals surface area (Å²) in [4.78, 5) is 1.16. The molecule has 0 aliphatic carbocycles. The molecule has 2 rings (SSSR count). The first-order chi connectivity index (χ1) is 10.1. The molecule has 0 aliphatic heterocycles. The molecule has 1 heterocycles. The van der Waals surface area contributed by atoms with Crippen molar-refractivity contribution < 1.29 is 9.84 Å². The SMILES string of the molecule is Cc1ccc(C)c(OCc2cc(C#CCCO)cs2)c1C. The first kappa shape index (κ1) is 15.6. The van der Waals surface area contributed by atoms with Crippen molar-refractivity contribution in [3.8, 4) is 17.6 Å². The molecule has 0 saturated heterocycles. The molecule has 0 atom stereocenters. The number of hydrogen-bond acceptors (Lipinski definition) is 3. The van der Waals surface area contributed by atoms with E-state index in [0.717, 1.165) is 21.8 Å². The Morgan fingerprint density at radius 1 is 1.19 bits per heavy atom. The van der Waals surface area contributed by atoms with Gasteiger partial charge in [0.25, 0.3) is 0 Å². The van der Waals surface area contributed by atoms with E-state index in [-0.39, 0.29) is 6.61 Å². The first-order valence-corrected chi connectivity index (χ1v) is 7.86. The minimum absolute atomic E-state index is 0.110. The molecule has 2 aromatic rings. The zero-order valence-electron chi connectivity index (χ0n) is 12.7. The van der Waals surface area contributed by atoms with Crippen LogP contribution in [0.2, 0.25) is 0 Å². The standard InChI is InChI=1S/C18H20O2S/c1-13-7-8-14(2)18(15(13)3)20-11-17-10-16(12-21-17)6-4-5-9-19/h7-8,10,12,19H,5,9,11H2,1-3H3. The lowest BCUT2D eigenvalue weighted by Crippen LogP contribution is -1.98. The van der Waals surface area contributed by atoms with Crippen LogP contribution in [-0.4, -0.2) is 11.7 Å². The molecule has 0 fully saturated rings. The highest BCUT2D eigenvalue weighted by atomic mass is 32.1. The Morgan fingerprint density at radius 2 is 1.95 bits per heavy atom. The number of ether oxygens (including phenoxy) is 1. The molecule has 0 spiro atoms. The normalized spacial score (nSPS) is 10.1. The fourth-order valence-electron chi connectivity index (χ4n) is 2.03. The van der Waals surface area contributed by atoms with Crippen LogP contribution in [0.4, 0.5) is 0 Å². The van der Waals surface area contributed by atoms with Gasteiger partial charge < -0.3 is 9.84 Å². The quantitative estimate of drug-likeness (QED) is 0.865. The van der Waals surface area contributed by atoms with Crippen LogP contribution in [0, 0.1) is 32.6 Å². The van der Waals surface area contributed by atoms with Crippen molar-refractivity contribution in [3.05, 3.63) is 50.7 Å². The second-order valence-corrected chi connectivity index (χ2v) is 6.02. The van der Waals surface area contributed by atoms with Gasteiger partial charge in [0.05, 0.1) is 6.61 Å². The number of aryl methyl sites for hydroxylation is 2. The highest BCUT2D eigenvalue weighted by molar-refractivity contribution is 7.10. The molecule has 0 amide bonds. The van der Waals surface area contributed by atoms with Gasteiger partial charge in [0.2, 0.25) is 0 Å². The third-order valence-corrected chi connectivity index (χ3v) is 4.27. The topological polar surface area (TPSA) is 29.5 Å². The Kier molecular flexibility index (Phi) is 5.44. The highest BCUT2D eigenvalue weighted by Crippen LogP contribution is 2.27. The predicted molar refractivity (Wildman–Crippen MR) is 87.9 cm³/mol. The molecule has 0 aliphatic rings. The Balaban J connectivity index is 2.05. The minimum atomic E-state index is 0.110. The monoisotopic (exact) mass is 300 g/mol. The van der Waals surface area contributed by atoms with E-state index >= 15 is 0 Å². The van der Waals surface area contributed by atoms with Gasteiger partial charge in [-0.3, -0.25) is 0 Å². The largest absolute Gasteiger partial charge is 0.488 e. The van der Waals surface area contributed by atoms with Crippen molar-refractivity contribution in [1.82, 2.24) is 0 Å². The van der Waals surface area contributed by atoms with E-state index in [0.29, 0.717) is 13.0 Å². The summed E-state index contributed by atoms with van der Waals surface area (Å²) in [7, 11) is 0. The molecule has 0 unspecified atom stereocenters. The van der Waals surface area contributed by atoms with Gasteiger partial charge in [-0.25, -0.2) is 0 Å². The highest BCUT2D eigenvalue weighted by Gasteiger charge is 2.07. The van der Waals surface area contributed by atoms with Crippen LogP contribution in [0.3, 0.4) is 0 Å². The molecule has 1 N–H and O–H groups in total. The third kappa shape index (κ3) is 4.10. The van der Waals surface area contributed by atoms with Crippen LogP contribution < -0.4 is 4.74 Å². The lowest BCUT2D eigenvalue weighted by atomic mass is 10.1. The number of rotatable bonds is 4. The first-order valence-electron chi connectivity index (χ1n) is 6.98. The summed E-state index contributed by atoms with van der Waals surface area (Å²) in [6.45, 7) is 6.94. The van der Waals surface area contributed by atoms with Crippen molar-refractivity contribution in [3.63, 3.8) is 0 Å². The Labute approximate surface area is 130 Å². The average molecular weight is 300 g/mol. The summed E-state index contributed by atoms with van der Waals surface area (Å²) >= 11 is 1.65. The summed E-state index contributed by atoms with van der Waals surface area (Å²) in [6, 6.07) is 6.27. The predicted octanol–water partition coefficient (Wildman–Crippen LogP) is 3.99. The van der Waals surface area contributed by atoms with Gasteiger partial charge in [-0.15, -0.1) is 11.3 Å². The van der Waals surface area contributed by atoms with Crippen LogP contribution in [0.15, 0.2) is 23.6 Å². The molecule has 0 bridgehead atoms. The number of benzene rings is 1. The zero-order chi connectivity index (χ0) is 15.2. The summed E-state index contributed by atoms with van der Waals surface area (Å²) < 4.78 is 6.00. The summed E-state index contributed by atoms with van der Waals surface area (Å²) in [5.74, 6) is 6.95. The van der Waals surface area contributed by atoms with Crippen molar-refractivity contribution in [2.24, 2.45) is 0 Å². The molecule has 110 valence electrons. The maximum absolute atomic E-state index is 8.71. The Morgan fingerprint density at radius 3 is 2.71 bits per heavy atom. The molecule has 1 aromatic heterocycles. The van der Waals surface area contributed by atoms with Crippen LogP contribution in [-0.2, 0) is 6.61 Å². The zero-order valence-corrected chi connectivity index (χ0v) is 13.5. The molecular weight excluding hydrogens is 280 g/mol. The maximum Gasteiger partial charge on any atom is 0.125 e. The lowest BCUT2D eigenvalue weighted by Gasteiger charge is -2.13. The van der Waals surface area contributed by atoms with Gasteiger partial charge in [-0.2, -0.15) is 0 Å². The smallest absolute Gasteiger partial charge is 0.125 e. The number of hydrogen-bond donors (Lipinski definition) is 1. The molecule has 2 nitrogen and oxygen atoms in total. The van der Waals surface area contributed by atoms with Gasteiger partial charge in [-0.1, -0.05) is 24.0 Å². The van der Waals surface area contributed by atoms with Crippen LogP contribution in [0.25, 0.3) is 0 Å². The van der Waals surface area contributed by atoms with E-state index in [1.807, 2.05) is 5.38 Å². The van der Waals surface area contributed by atoms with Crippen molar-refractivity contribution in [2.75, 3.05) is 6.61 Å². The molecule has 21 heavy (non-hydrogen) atoms. The van der Waals surface area contributed by atoms with Gasteiger partial charge in [0.15, 0.2) is 0 Å². The van der Waals surface area contributed by atoms with Crippen LogP contribution in [0.1, 0.15) is 33.6 Å². The average Bonchev–Trinajstić information content (AvgIpc) is 2.91. The van der Waals surface area contributed by atoms with Crippen LogP contribution in [0.5, 0.6) is 5.75 Å². The van der Waals surface area contributed by atoms with Gasteiger partial charge in [0, 0.05) is 22.2 Å². The maximum atomic E-state index is 8.71. The van der Waals surface area contributed by atoms with Crippen LogP contribution >= 0.6 is 11.3 Å². The van der Waals surface area contributed by atoms with Crippen molar-refractivity contribution in [1.29, 1.82) is 0 Å². The van der Waals surface area contributed by atoms with E-state index in [9.17, 15) is 0 Å². The van der Waals surface area contributed by atoms with E-state index in [4.69, 9.17) is 9.84 Å². The van der Waals surface area contributed by atoms with Gasteiger partial charge >= 0.3 is 0 Å². The van der Waals surface area contributed by atoms with E-state index in [1.165, 1.54) is 11.1 Å². The molecule has 1 aromatic carbocycles. The number of aliphatic hydroxyl groups is 1. The Hall–Kier alpha value is -1.76.